The first-order chi connectivity index (χ1) is 8.08. The molecule has 0 nitrogen and oxygen atoms in total. The third kappa shape index (κ3) is 1.42. The molecule has 3 aliphatic rings. The molecule has 2 fully saturated rings. The van der Waals surface area contributed by atoms with Crippen molar-refractivity contribution >= 4 is 0 Å². The molecule has 3 rings (SSSR count). The molecule has 17 heavy (non-hydrogen) atoms. The minimum Gasteiger partial charge on any atom is -0.0805 e. The summed E-state index contributed by atoms with van der Waals surface area (Å²) in [7, 11) is 0. The second-order valence-corrected chi connectivity index (χ2v) is 7.06. The van der Waals surface area contributed by atoms with Crippen LogP contribution in [0.2, 0.25) is 0 Å². The van der Waals surface area contributed by atoms with Crippen LogP contribution in [0, 0.1) is 22.7 Å². The van der Waals surface area contributed by atoms with E-state index in [9.17, 15) is 0 Å². The molecule has 0 aliphatic heterocycles. The lowest BCUT2D eigenvalue weighted by Crippen LogP contribution is -2.45. The van der Waals surface area contributed by atoms with Gasteiger partial charge < -0.3 is 0 Å². The smallest absolute Gasteiger partial charge is 0.0106 e. The van der Waals surface area contributed by atoms with Gasteiger partial charge >= 0.3 is 0 Å². The summed E-state index contributed by atoms with van der Waals surface area (Å²) < 4.78 is 0. The van der Waals surface area contributed by atoms with Gasteiger partial charge in [0.1, 0.15) is 0 Å². The van der Waals surface area contributed by atoms with Gasteiger partial charge in [-0.3, -0.25) is 0 Å². The van der Waals surface area contributed by atoms with Crippen LogP contribution in [0.25, 0.3) is 0 Å². The summed E-state index contributed by atoms with van der Waals surface area (Å²) in [5.74, 6) is 1.76. The first kappa shape index (κ1) is 11.6. The highest BCUT2D eigenvalue weighted by Crippen LogP contribution is 2.66. The largest absolute Gasteiger partial charge is 0.0805 e. The molecule has 0 bridgehead atoms. The van der Waals surface area contributed by atoms with Crippen molar-refractivity contribution in [2.75, 3.05) is 0 Å². The van der Waals surface area contributed by atoms with Gasteiger partial charge in [-0.15, -0.1) is 0 Å². The Bertz CT molecular complexity index is 375. The third-order valence-corrected chi connectivity index (χ3v) is 6.65. The minimum absolute atomic E-state index is 0.561. The van der Waals surface area contributed by atoms with E-state index in [1.165, 1.54) is 38.5 Å². The maximum Gasteiger partial charge on any atom is -0.0106 e. The van der Waals surface area contributed by atoms with Crippen LogP contribution in [0.4, 0.5) is 0 Å². The van der Waals surface area contributed by atoms with Gasteiger partial charge in [-0.05, 0) is 60.3 Å². The number of allylic oxidation sites excluding steroid dienone is 4. The Balaban J connectivity index is 1.98. The van der Waals surface area contributed by atoms with Crippen LogP contribution < -0.4 is 0 Å². The zero-order valence-corrected chi connectivity index (χ0v) is 11.6. The highest BCUT2D eigenvalue weighted by molar-refractivity contribution is 5.32. The van der Waals surface area contributed by atoms with E-state index in [0.717, 1.165) is 11.8 Å². The van der Waals surface area contributed by atoms with Crippen molar-refractivity contribution in [3.05, 3.63) is 23.8 Å². The molecular weight excluding hydrogens is 204 g/mol. The van der Waals surface area contributed by atoms with Gasteiger partial charge in [-0.2, -0.15) is 0 Å². The molecule has 0 radical (unpaired) electrons. The van der Waals surface area contributed by atoms with E-state index < -0.39 is 0 Å². The zero-order valence-electron chi connectivity index (χ0n) is 11.6. The van der Waals surface area contributed by atoms with Gasteiger partial charge in [-0.25, -0.2) is 0 Å². The summed E-state index contributed by atoms with van der Waals surface area (Å²) in [6.07, 6.45) is 15.6. The summed E-state index contributed by atoms with van der Waals surface area (Å²) in [6.45, 7) is 7.66. The SMILES string of the molecule is CC1CCC2(C)C(C3=CCC=C3)CCC[C@]12C. The van der Waals surface area contributed by atoms with Crippen LogP contribution in [-0.2, 0) is 0 Å². The Morgan fingerprint density at radius 3 is 2.65 bits per heavy atom. The second-order valence-electron chi connectivity index (χ2n) is 7.06. The van der Waals surface area contributed by atoms with Crippen LogP contribution in [0.5, 0.6) is 0 Å². The first-order valence-electron chi connectivity index (χ1n) is 7.44. The summed E-state index contributed by atoms with van der Waals surface area (Å²) in [5, 5.41) is 0. The molecule has 0 heteroatoms. The number of fused-ring (bicyclic) bond motifs is 1. The average molecular weight is 230 g/mol. The van der Waals surface area contributed by atoms with Crippen LogP contribution >= 0.6 is 0 Å². The van der Waals surface area contributed by atoms with E-state index in [0.29, 0.717) is 10.8 Å². The second kappa shape index (κ2) is 3.73. The molecular formula is C17H26. The quantitative estimate of drug-likeness (QED) is 0.587. The summed E-state index contributed by atoms with van der Waals surface area (Å²) >= 11 is 0. The molecule has 94 valence electrons. The summed E-state index contributed by atoms with van der Waals surface area (Å²) in [4.78, 5) is 0. The normalized spacial score (nSPS) is 49.2. The summed E-state index contributed by atoms with van der Waals surface area (Å²) in [5.41, 5.74) is 2.81. The van der Waals surface area contributed by atoms with E-state index in [2.05, 4.69) is 39.0 Å². The predicted octanol–water partition coefficient (Wildman–Crippen LogP) is 5.12. The van der Waals surface area contributed by atoms with Crippen LogP contribution in [0.3, 0.4) is 0 Å². The Morgan fingerprint density at radius 1 is 1.12 bits per heavy atom. The Labute approximate surface area is 106 Å². The Kier molecular flexibility index (Phi) is 2.54. The molecule has 0 aromatic heterocycles. The van der Waals surface area contributed by atoms with Crippen LogP contribution in [0.1, 0.15) is 59.3 Å². The van der Waals surface area contributed by atoms with E-state index in [-0.39, 0.29) is 0 Å². The van der Waals surface area contributed by atoms with Crippen molar-refractivity contribution in [1.82, 2.24) is 0 Å². The molecule has 0 saturated heterocycles. The molecule has 3 unspecified atom stereocenters. The van der Waals surface area contributed by atoms with Crippen molar-refractivity contribution in [2.45, 2.75) is 59.3 Å². The lowest BCUT2D eigenvalue weighted by atomic mass is 9.51. The maximum atomic E-state index is 2.59. The first-order valence-corrected chi connectivity index (χ1v) is 7.44. The fourth-order valence-electron chi connectivity index (χ4n) is 5.05. The third-order valence-electron chi connectivity index (χ3n) is 6.65. The number of hydrogen-bond donors (Lipinski definition) is 0. The molecule has 0 spiro atoms. The Hall–Kier alpha value is -0.520. The molecule has 0 N–H and O–H groups in total. The van der Waals surface area contributed by atoms with Crippen molar-refractivity contribution < 1.29 is 0 Å². The topological polar surface area (TPSA) is 0 Å². The minimum atomic E-state index is 0.561. The molecule has 0 amide bonds. The van der Waals surface area contributed by atoms with Gasteiger partial charge in [0, 0.05) is 0 Å². The van der Waals surface area contributed by atoms with Gasteiger partial charge in [0.05, 0.1) is 0 Å². The predicted molar refractivity (Wildman–Crippen MR) is 73.8 cm³/mol. The Morgan fingerprint density at radius 2 is 1.94 bits per heavy atom. The fourth-order valence-corrected chi connectivity index (χ4v) is 5.05. The molecule has 2 saturated carbocycles. The van der Waals surface area contributed by atoms with E-state index in [1.54, 1.807) is 5.57 Å². The van der Waals surface area contributed by atoms with Crippen molar-refractivity contribution in [3.8, 4) is 0 Å². The summed E-state index contributed by atoms with van der Waals surface area (Å²) in [6, 6.07) is 0. The zero-order chi connectivity index (χ0) is 12.1. The molecule has 3 aliphatic carbocycles. The highest BCUT2D eigenvalue weighted by atomic mass is 14.6. The van der Waals surface area contributed by atoms with Crippen molar-refractivity contribution in [1.29, 1.82) is 0 Å². The van der Waals surface area contributed by atoms with E-state index >= 15 is 0 Å². The van der Waals surface area contributed by atoms with E-state index in [1.807, 2.05) is 0 Å². The maximum absolute atomic E-state index is 2.59. The molecule has 4 atom stereocenters. The standard InChI is InChI=1S/C17H26/c1-13-10-12-17(3)15(14-7-4-5-8-14)9-6-11-16(13,17)2/h4,7-8,13,15H,5-6,9-12H2,1-3H3/t13?,15?,16-,17?/m1/s1. The number of hydrogen-bond acceptors (Lipinski definition) is 0. The lowest BCUT2D eigenvalue weighted by Gasteiger charge is -2.53. The van der Waals surface area contributed by atoms with Gasteiger partial charge in [0.2, 0.25) is 0 Å². The molecule has 0 aromatic carbocycles. The van der Waals surface area contributed by atoms with Gasteiger partial charge in [0.25, 0.3) is 0 Å². The van der Waals surface area contributed by atoms with Crippen LogP contribution in [0.15, 0.2) is 23.8 Å². The van der Waals surface area contributed by atoms with Crippen molar-refractivity contribution in [3.63, 3.8) is 0 Å². The fraction of sp³-hybridized carbons (Fsp3) is 0.765. The monoisotopic (exact) mass is 230 g/mol. The van der Waals surface area contributed by atoms with Crippen LogP contribution in [-0.4, -0.2) is 0 Å². The highest BCUT2D eigenvalue weighted by Gasteiger charge is 2.57. The molecule has 0 aromatic rings. The average Bonchev–Trinajstić information content (AvgIpc) is 2.89. The van der Waals surface area contributed by atoms with Crippen molar-refractivity contribution in [2.24, 2.45) is 22.7 Å². The number of rotatable bonds is 1. The van der Waals surface area contributed by atoms with Gasteiger partial charge in [-0.1, -0.05) is 45.4 Å². The lowest BCUT2D eigenvalue weighted by molar-refractivity contribution is -0.0149. The molecule has 0 heterocycles. The van der Waals surface area contributed by atoms with Gasteiger partial charge in [0.15, 0.2) is 0 Å². The van der Waals surface area contributed by atoms with E-state index in [4.69, 9.17) is 0 Å².